The monoisotopic (exact) mass is 273 g/mol. The van der Waals surface area contributed by atoms with Crippen molar-refractivity contribution in [1.29, 1.82) is 0 Å². The largest absolute Gasteiger partial charge is 0.330 e. The van der Waals surface area contributed by atoms with Crippen LogP contribution in [0, 0.1) is 5.41 Å². The van der Waals surface area contributed by atoms with Gasteiger partial charge in [0.15, 0.2) is 0 Å². The maximum absolute atomic E-state index is 12.3. The van der Waals surface area contributed by atoms with Crippen LogP contribution in [0.3, 0.4) is 0 Å². The number of rotatable bonds is 6. The van der Waals surface area contributed by atoms with E-state index in [0.717, 1.165) is 24.8 Å². The van der Waals surface area contributed by atoms with Crippen molar-refractivity contribution in [1.82, 2.24) is 0 Å². The molecule has 0 aliphatic heterocycles. The minimum Gasteiger partial charge on any atom is -0.330 e. The van der Waals surface area contributed by atoms with Crippen molar-refractivity contribution in [3.63, 3.8) is 0 Å². The van der Waals surface area contributed by atoms with Crippen LogP contribution in [-0.2, 0) is 17.6 Å². The molecule has 1 aliphatic carbocycles. The third-order valence-corrected chi connectivity index (χ3v) is 4.75. The second kappa shape index (κ2) is 7.03. The van der Waals surface area contributed by atoms with E-state index in [2.05, 4.69) is 31.2 Å². The van der Waals surface area contributed by atoms with Crippen LogP contribution in [-0.4, -0.2) is 12.3 Å². The molecule has 110 valence electrons. The molecule has 0 amide bonds. The highest BCUT2D eigenvalue weighted by Gasteiger charge is 2.32. The second-order valence-electron chi connectivity index (χ2n) is 6.33. The third-order valence-electron chi connectivity index (χ3n) is 4.75. The average Bonchev–Trinajstić information content (AvgIpc) is 2.49. The molecule has 1 fully saturated rings. The average molecular weight is 273 g/mol. The molecule has 20 heavy (non-hydrogen) atoms. The van der Waals surface area contributed by atoms with Crippen molar-refractivity contribution in [3.05, 3.63) is 35.4 Å². The van der Waals surface area contributed by atoms with Gasteiger partial charge in [0.1, 0.15) is 5.78 Å². The molecule has 0 unspecified atom stereocenters. The maximum Gasteiger partial charge on any atom is 0.137 e. The number of nitrogens with two attached hydrogens (primary N) is 1. The van der Waals surface area contributed by atoms with E-state index in [9.17, 15) is 4.79 Å². The zero-order valence-electron chi connectivity index (χ0n) is 12.7. The highest BCUT2D eigenvalue weighted by atomic mass is 16.1. The first-order chi connectivity index (χ1) is 9.67. The van der Waals surface area contributed by atoms with Crippen LogP contribution in [0.5, 0.6) is 0 Å². The first-order valence-corrected chi connectivity index (χ1v) is 7.97. The summed E-state index contributed by atoms with van der Waals surface area (Å²) in [5.41, 5.74) is 8.52. The molecule has 0 atom stereocenters. The summed E-state index contributed by atoms with van der Waals surface area (Å²) in [5.74, 6) is 0.349. The van der Waals surface area contributed by atoms with Gasteiger partial charge in [0.05, 0.1) is 0 Å². The Morgan fingerprint density at radius 2 is 1.70 bits per heavy atom. The number of hydrogen-bond acceptors (Lipinski definition) is 2. The third kappa shape index (κ3) is 3.92. The Hall–Kier alpha value is -1.15. The maximum atomic E-state index is 12.3. The molecule has 0 aromatic heterocycles. The summed E-state index contributed by atoms with van der Waals surface area (Å²) in [5, 5.41) is 0. The standard InChI is InChI=1S/C18H27NO/c1-2-15-6-8-16(9-7-15)12-17(20)13-18(14-19)10-4-3-5-11-18/h6-9H,2-5,10-14,19H2,1H3. The summed E-state index contributed by atoms with van der Waals surface area (Å²) in [6, 6.07) is 8.43. The highest BCUT2D eigenvalue weighted by Crippen LogP contribution is 2.38. The number of aryl methyl sites for hydroxylation is 1. The van der Waals surface area contributed by atoms with Crippen LogP contribution in [0.2, 0.25) is 0 Å². The van der Waals surface area contributed by atoms with Gasteiger partial charge in [-0.25, -0.2) is 0 Å². The van der Waals surface area contributed by atoms with E-state index in [1.165, 1.54) is 24.8 Å². The Morgan fingerprint density at radius 3 is 2.25 bits per heavy atom. The number of carbonyl (C=O) groups excluding carboxylic acids is 1. The first kappa shape index (κ1) is 15.2. The molecule has 2 rings (SSSR count). The van der Waals surface area contributed by atoms with Crippen LogP contribution in [0.25, 0.3) is 0 Å². The number of Topliss-reactive ketones (excluding diaryl/α,β-unsaturated/α-hetero) is 1. The smallest absolute Gasteiger partial charge is 0.137 e. The molecule has 0 saturated heterocycles. The van der Waals surface area contributed by atoms with Crippen LogP contribution < -0.4 is 5.73 Å². The summed E-state index contributed by atoms with van der Waals surface area (Å²) in [4.78, 5) is 12.3. The van der Waals surface area contributed by atoms with Gasteiger partial charge in [-0.2, -0.15) is 0 Å². The summed E-state index contributed by atoms with van der Waals surface area (Å²) in [6.07, 6.45) is 8.29. The lowest BCUT2D eigenvalue weighted by Crippen LogP contribution is -2.35. The highest BCUT2D eigenvalue weighted by molar-refractivity contribution is 5.81. The van der Waals surface area contributed by atoms with Gasteiger partial charge in [-0.3, -0.25) is 4.79 Å². The van der Waals surface area contributed by atoms with Gasteiger partial charge in [-0.1, -0.05) is 50.5 Å². The molecule has 2 N–H and O–H groups in total. The van der Waals surface area contributed by atoms with E-state index in [-0.39, 0.29) is 5.41 Å². The van der Waals surface area contributed by atoms with Crippen molar-refractivity contribution in [2.75, 3.05) is 6.54 Å². The zero-order valence-corrected chi connectivity index (χ0v) is 12.7. The SMILES string of the molecule is CCc1ccc(CC(=O)CC2(CN)CCCCC2)cc1. The predicted molar refractivity (Wildman–Crippen MR) is 83.7 cm³/mol. The van der Waals surface area contributed by atoms with Crippen LogP contribution >= 0.6 is 0 Å². The summed E-state index contributed by atoms with van der Waals surface area (Å²) < 4.78 is 0. The molecular weight excluding hydrogens is 246 g/mol. The Morgan fingerprint density at radius 1 is 1.10 bits per heavy atom. The minimum absolute atomic E-state index is 0.0959. The summed E-state index contributed by atoms with van der Waals surface area (Å²) in [6.45, 7) is 2.81. The fraction of sp³-hybridized carbons (Fsp3) is 0.611. The first-order valence-electron chi connectivity index (χ1n) is 7.97. The predicted octanol–water partition coefficient (Wildman–Crippen LogP) is 3.66. The van der Waals surface area contributed by atoms with Crippen molar-refractivity contribution in [3.8, 4) is 0 Å². The zero-order chi connectivity index (χ0) is 14.4. The van der Waals surface area contributed by atoms with E-state index in [0.29, 0.717) is 25.2 Å². The molecule has 2 nitrogen and oxygen atoms in total. The molecular formula is C18H27NO. The number of carbonyl (C=O) groups is 1. The Bertz CT molecular complexity index is 429. The Kier molecular flexibility index (Phi) is 5.36. The van der Waals surface area contributed by atoms with Gasteiger partial charge in [0.25, 0.3) is 0 Å². The Balaban J connectivity index is 1.93. The van der Waals surface area contributed by atoms with E-state index < -0.39 is 0 Å². The van der Waals surface area contributed by atoms with E-state index in [1.807, 2.05) is 0 Å². The van der Waals surface area contributed by atoms with Crippen molar-refractivity contribution in [2.45, 2.75) is 58.3 Å². The van der Waals surface area contributed by atoms with E-state index in [1.54, 1.807) is 0 Å². The molecule has 0 spiro atoms. The van der Waals surface area contributed by atoms with Gasteiger partial charge >= 0.3 is 0 Å². The number of hydrogen-bond donors (Lipinski definition) is 1. The topological polar surface area (TPSA) is 43.1 Å². The molecule has 1 aliphatic rings. The molecule has 0 radical (unpaired) electrons. The van der Waals surface area contributed by atoms with Gasteiger partial charge in [-0.15, -0.1) is 0 Å². The van der Waals surface area contributed by atoms with Gasteiger partial charge in [0, 0.05) is 12.8 Å². The lowest BCUT2D eigenvalue weighted by Gasteiger charge is -2.35. The molecule has 1 aromatic carbocycles. The molecule has 2 heteroatoms. The Labute approximate surface area is 122 Å². The molecule has 0 bridgehead atoms. The van der Waals surface area contributed by atoms with E-state index in [4.69, 9.17) is 5.73 Å². The number of ketones is 1. The number of benzene rings is 1. The fourth-order valence-corrected chi connectivity index (χ4v) is 3.36. The minimum atomic E-state index is 0.0959. The molecule has 1 saturated carbocycles. The van der Waals surface area contributed by atoms with Crippen molar-refractivity contribution in [2.24, 2.45) is 11.1 Å². The fourth-order valence-electron chi connectivity index (χ4n) is 3.36. The molecule has 0 heterocycles. The normalized spacial score (nSPS) is 17.9. The molecule has 1 aromatic rings. The van der Waals surface area contributed by atoms with E-state index >= 15 is 0 Å². The lowest BCUT2D eigenvalue weighted by atomic mass is 9.70. The van der Waals surface area contributed by atoms with Crippen molar-refractivity contribution < 1.29 is 4.79 Å². The lowest BCUT2D eigenvalue weighted by molar-refractivity contribution is -0.121. The quantitative estimate of drug-likeness (QED) is 0.859. The summed E-state index contributed by atoms with van der Waals surface area (Å²) in [7, 11) is 0. The van der Waals surface area contributed by atoms with Gasteiger partial charge in [-0.05, 0) is 42.3 Å². The van der Waals surface area contributed by atoms with Crippen LogP contribution in [0.15, 0.2) is 24.3 Å². The second-order valence-corrected chi connectivity index (χ2v) is 6.33. The summed E-state index contributed by atoms with van der Waals surface area (Å²) >= 11 is 0. The van der Waals surface area contributed by atoms with Crippen molar-refractivity contribution >= 4 is 5.78 Å². The van der Waals surface area contributed by atoms with Crippen LogP contribution in [0.1, 0.15) is 56.6 Å². The van der Waals surface area contributed by atoms with Crippen LogP contribution in [0.4, 0.5) is 0 Å². The van der Waals surface area contributed by atoms with Gasteiger partial charge in [0.2, 0.25) is 0 Å². The van der Waals surface area contributed by atoms with Gasteiger partial charge < -0.3 is 5.73 Å².